The molecule has 0 bridgehead atoms. The average Bonchev–Trinajstić information content (AvgIpc) is 2.70. The number of fused-ring (bicyclic) bond motifs is 1. The van der Waals surface area contributed by atoms with Crippen molar-refractivity contribution in [2.75, 3.05) is 4.31 Å². The van der Waals surface area contributed by atoms with Crippen molar-refractivity contribution in [1.82, 2.24) is 0 Å². The fourth-order valence-corrected chi connectivity index (χ4v) is 8.38. The molecule has 0 spiro atoms. The molecule has 0 fully saturated rings. The standard InChI is InChI=1S/C22H24Cl2NO5PS/c1-4-22(5-2,31(26,27)28)25(32(29,30)20-13-18(23)12-19(24)14-20)21-11-17-9-7-6-8-16(17)10-15(21)3/h6-14H,4-5H2,1-3H3,(H2,26,27,28). The van der Waals surface area contributed by atoms with Gasteiger partial charge in [-0.25, -0.2) is 12.7 Å². The molecule has 172 valence electrons. The molecule has 0 saturated heterocycles. The summed E-state index contributed by atoms with van der Waals surface area (Å²) in [7, 11) is -9.45. The highest BCUT2D eigenvalue weighted by Gasteiger charge is 2.54. The Balaban J connectivity index is 2.45. The number of rotatable bonds is 7. The predicted octanol–water partition coefficient (Wildman–Crippen LogP) is 6.34. The van der Waals surface area contributed by atoms with Crippen LogP contribution in [0.15, 0.2) is 59.5 Å². The average molecular weight is 516 g/mol. The third-order valence-electron chi connectivity index (χ3n) is 5.71. The lowest BCUT2D eigenvalue weighted by Gasteiger charge is -2.44. The topological polar surface area (TPSA) is 94.9 Å². The van der Waals surface area contributed by atoms with Crippen LogP contribution in [0.2, 0.25) is 10.0 Å². The maximum atomic E-state index is 14.0. The van der Waals surface area contributed by atoms with Gasteiger partial charge in [-0.15, -0.1) is 0 Å². The normalized spacial score (nSPS) is 12.8. The minimum atomic E-state index is -4.97. The third-order valence-corrected chi connectivity index (χ3v) is 10.1. The Hall–Kier alpha value is -1.60. The Morgan fingerprint density at radius 1 is 0.938 bits per heavy atom. The van der Waals surface area contributed by atoms with E-state index in [0.717, 1.165) is 15.1 Å². The molecule has 6 nitrogen and oxygen atoms in total. The highest BCUT2D eigenvalue weighted by Crippen LogP contribution is 2.59. The van der Waals surface area contributed by atoms with Gasteiger partial charge in [0.1, 0.15) is 0 Å². The van der Waals surface area contributed by atoms with Gasteiger partial charge in [-0.2, -0.15) is 0 Å². The first-order chi connectivity index (χ1) is 14.9. The summed E-state index contributed by atoms with van der Waals surface area (Å²) in [6.45, 7) is 4.84. The SMILES string of the molecule is CCC(CC)(N(c1cc2ccccc2cc1C)S(=O)(=O)c1cc(Cl)cc(Cl)c1)P(=O)(O)O. The minimum absolute atomic E-state index is 0.0982. The van der Waals surface area contributed by atoms with E-state index < -0.39 is 22.9 Å². The molecule has 3 aromatic rings. The molecular formula is C22H24Cl2NO5PS. The number of sulfonamides is 1. The summed E-state index contributed by atoms with van der Waals surface area (Å²) in [4.78, 5) is 20.6. The highest BCUT2D eigenvalue weighted by atomic mass is 35.5. The van der Waals surface area contributed by atoms with E-state index in [1.165, 1.54) is 18.2 Å². The number of anilines is 1. The molecule has 0 aliphatic carbocycles. The van der Waals surface area contributed by atoms with E-state index in [1.807, 2.05) is 24.3 Å². The summed E-state index contributed by atoms with van der Waals surface area (Å²) < 4.78 is 41.7. The molecule has 10 heteroatoms. The van der Waals surface area contributed by atoms with Crippen LogP contribution in [0.4, 0.5) is 5.69 Å². The summed E-state index contributed by atoms with van der Waals surface area (Å²) in [5.41, 5.74) is 0.743. The molecule has 0 unspecified atom stereocenters. The molecule has 3 aromatic carbocycles. The fraction of sp³-hybridized carbons (Fsp3) is 0.273. The van der Waals surface area contributed by atoms with Crippen molar-refractivity contribution in [3.63, 3.8) is 0 Å². The van der Waals surface area contributed by atoms with Gasteiger partial charge in [-0.1, -0.05) is 61.3 Å². The number of hydrogen-bond acceptors (Lipinski definition) is 3. The lowest BCUT2D eigenvalue weighted by atomic mass is 10.0. The summed E-state index contributed by atoms with van der Waals surface area (Å²) >= 11 is 12.1. The van der Waals surface area contributed by atoms with Crippen molar-refractivity contribution in [1.29, 1.82) is 0 Å². The number of nitrogens with zero attached hydrogens (tertiary/aromatic N) is 1. The number of aryl methyl sites for hydroxylation is 1. The quantitative estimate of drug-likeness (QED) is 0.357. The Kier molecular flexibility index (Phi) is 7.02. The molecule has 0 saturated carbocycles. The van der Waals surface area contributed by atoms with Gasteiger partial charge in [0.15, 0.2) is 5.28 Å². The van der Waals surface area contributed by atoms with Crippen molar-refractivity contribution in [2.24, 2.45) is 0 Å². The lowest BCUT2D eigenvalue weighted by Crippen LogP contribution is -2.51. The van der Waals surface area contributed by atoms with E-state index in [9.17, 15) is 22.8 Å². The number of hydrogen-bond donors (Lipinski definition) is 2. The highest BCUT2D eigenvalue weighted by molar-refractivity contribution is 7.93. The van der Waals surface area contributed by atoms with Crippen LogP contribution < -0.4 is 4.31 Å². The maximum absolute atomic E-state index is 14.0. The van der Waals surface area contributed by atoms with Crippen molar-refractivity contribution < 1.29 is 22.8 Å². The first-order valence-corrected chi connectivity index (χ1v) is 13.7. The third kappa shape index (κ3) is 4.30. The van der Waals surface area contributed by atoms with E-state index in [0.29, 0.717) is 5.56 Å². The zero-order valence-electron chi connectivity index (χ0n) is 17.8. The van der Waals surface area contributed by atoms with Gasteiger partial charge in [0, 0.05) is 10.0 Å². The minimum Gasteiger partial charge on any atom is -0.323 e. The molecule has 2 N–H and O–H groups in total. The van der Waals surface area contributed by atoms with Gasteiger partial charge < -0.3 is 9.79 Å². The van der Waals surface area contributed by atoms with Crippen molar-refractivity contribution in [2.45, 2.75) is 43.8 Å². The Bertz CT molecular complexity index is 1300. The summed E-state index contributed by atoms with van der Waals surface area (Å²) in [6, 6.07) is 14.7. The summed E-state index contributed by atoms with van der Waals surface area (Å²) in [6.07, 6.45) is -0.235. The maximum Gasteiger partial charge on any atom is 0.351 e. The Labute approximate surface area is 198 Å². The molecule has 0 aliphatic rings. The second-order valence-electron chi connectivity index (χ2n) is 7.59. The van der Waals surface area contributed by atoms with E-state index in [1.54, 1.807) is 32.9 Å². The zero-order valence-corrected chi connectivity index (χ0v) is 21.0. The summed E-state index contributed by atoms with van der Waals surface area (Å²) in [5.74, 6) is 0. The monoisotopic (exact) mass is 515 g/mol. The van der Waals surface area contributed by atoms with Gasteiger partial charge in [-0.3, -0.25) is 4.57 Å². The largest absolute Gasteiger partial charge is 0.351 e. The second kappa shape index (κ2) is 8.98. The van der Waals surface area contributed by atoms with Crippen molar-refractivity contribution >= 4 is 57.3 Å². The van der Waals surface area contributed by atoms with Crippen LogP contribution in [-0.2, 0) is 14.6 Å². The Morgan fingerprint density at radius 3 is 1.91 bits per heavy atom. The van der Waals surface area contributed by atoms with Gasteiger partial charge in [-0.05, 0) is 66.4 Å². The van der Waals surface area contributed by atoms with E-state index in [2.05, 4.69) is 0 Å². The van der Waals surface area contributed by atoms with Crippen molar-refractivity contribution in [3.8, 4) is 0 Å². The van der Waals surface area contributed by atoms with Crippen LogP contribution in [-0.4, -0.2) is 23.5 Å². The van der Waals surface area contributed by atoms with Crippen LogP contribution in [0.3, 0.4) is 0 Å². The van der Waals surface area contributed by atoms with Crippen LogP contribution in [0.1, 0.15) is 32.3 Å². The van der Waals surface area contributed by atoms with Crippen LogP contribution >= 0.6 is 30.8 Å². The Morgan fingerprint density at radius 2 is 1.44 bits per heavy atom. The first kappa shape index (κ1) is 25.0. The van der Waals surface area contributed by atoms with Gasteiger partial charge in [0.05, 0.1) is 10.6 Å². The molecule has 0 heterocycles. The molecule has 0 aromatic heterocycles. The fourth-order valence-electron chi connectivity index (χ4n) is 3.99. The van der Waals surface area contributed by atoms with Crippen molar-refractivity contribution in [3.05, 3.63) is 70.2 Å². The zero-order chi connectivity index (χ0) is 23.9. The lowest BCUT2D eigenvalue weighted by molar-refractivity contribution is 0.316. The summed E-state index contributed by atoms with van der Waals surface area (Å²) in [5, 5.41) is -0.189. The van der Waals surface area contributed by atoms with Gasteiger partial charge >= 0.3 is 7.60 Å². The van der Waals surface area contributed by atoms with E-state index >= 15 is 0 Å². The molecule has 0 radical (unpaired) electrons. The predicted molar refractivity (Wildman–Crippen MR) is 130 cm³/mol. The van der Waals surface area contributed by atoms with Gasteiger partial charge in [0.25, 0.3) is 10.0 Å². The molecule has 0 amide bonds. The number of benzene rings is 3. The van der Waals surface area contributed by atoms with Gasteiger partial charge in [0.2, 0.25) is 0 Å². The first-order valence-electron chi connectivity index (χ1n) is 9.94. The second-order valence-corrected chi connectivity index (χ2v) is 12.2. The van der Waals surface area contributed by atoms with Crippen LogP contribution in [0.25, 0.3) is 10.8 Å². The molecule has 0 aliphatic heterocycles. The molecule has 3 rings (SSSR count). The smallest absolute Gasteiger partial charge is 0.323 e. The molecule has 32 heavy (non-hydrogen) atoms. The van der Waals surface area contributed by atoms with Crippen LogP contribution in [0, 0.1) is 6.92 Å². The van der Waals surface area contributed by atoms with E-state index in [-0.39, 0.29) is 33.5 Å². The number of halogens is 2. The molecule has 0 atom stereocenters. The van der Waals surface area contributed by atoms with E-state index in [4.69, 9.17) is 23.2 Å². The van der Waals surface area contributed by atoms with Crippen LogP contribution in [0.5, 0.6) is 0 Å². The molecular weight excluding hydrogens is 492 g/mol.